The SMILES string of the molecule is O=C(c1ccc[nH]c1=O)N1CCC[C@@H]1c1ccncc1. The molecule has 3 rings (SSSR count). The Balaban J connectivity index is 1.92. The minimum atomic E-state index is -0.335. The Kier molecular flexibility index (Phi) is 3.33. The maximum Gasteiger partial charge on any atom is 0.260 e. The normalized spacial score (nSPS) is 18.2. The smallest absolute Gasteiger partial charge is 0.260 e. The molecule has 102 valence electrons. The van der Waals surface area contributed by atoms with Crippen LogP contribution in [0.15, 0.2) is 47.7 Å². The zero-order valence-corrected chi connectivity index (χ0v) is 11.0. The molecule has 1 aliphatic heterocycles. The molecule has 1 atom stereocenters. The van der Waals surface area contributed by atoms with Crippen molar-refractivity contribution in [2.24, 2.45) is 0 Å². The van der Waals surface area contributed by atoms with Crippen molar-refractivity contribution in [3.63, 3.8) is 0 Å². The fourth-order valence-electron chi connectivity index (χ4n) is 2.69. The number of hydrogen-bond acceptors (Lipinski definition) is 3. The number of nitrogens with zero attached hydrogens (tertiary/aromatic N) is 2. The second-order valence-electron chi connectivity index (χ2n) is 4.85. The number of aromatic amines is 1. The Morgan fingerprint density at radius 3 is 2.85 bits per heavy atom. The number of hydrogen-bond donors (Lipinski definition) is 1. The fourth-order valence-corrected chi connectivity index (χ4v) is 2.69. The average Bonchev–Trinajstić information content (AvgIpc) is 2.97. The van der Waals surface area contributed by atoms with Gasteiger partial charge in [-0.15, -0.1) is 0 Å². The standard InChI is InChI=1S/C15H15N3O2/c19-14-12(3-1-7-17-14)15(20)18-10-2-4-13(18)11-5-8-16-9-6-11/h1,3,5-9,13H,2,4,10H2,(H,17,19)/t13-/m1/s1. The summed E-state index contributed by atoms with van der Waals surface area (Å²) in [4.78, 5) is 32.6. The summed E-state index contributed by atoms with van der Waals surface area (Å²) in [5.41, 5.74) is 0.935. The van der Waals surface area contributed by atoms with E-state index in [0.29, 0.717) is 6.54 Å². The van der Waals surface area contributed by atoms with Gasteiger partial charge in [-0.2, -0.15) is 0 Å². The van der Waals surface area contributed by atoms with E-state index in [1.807, 2.05) is 12.1 Å². The van der Waals surface area contributed by atoms with Crippen molar-refractivity contribution in [2.75, 3.05) is 6.54 Å². The molecule has 5 heteroatoms. The number of carbonyl (C=O) groups excluding carboxylic acids is 1. The number of carbonyl (C=O) groups is 1. The lowest BCUT2D eigenvalue weighted by Gasteiger charge is -2.24. The van der Waals surface area contributed by atoms with E-state index in [4.69, 9.17) is 0 Å². The van der Waals surface area contributed by atoms with E-state index in [2.05, 4.69) is 9.97 Å². The third kappa shape index (κ3) is 2.22. The zero-order valence-electron chi connectivity index (χ0n) is 11.0. The molecule has 2 aromatic heterocycles. The Bertz CT molecular complexity index is 666. The third-order valence-electron chi connectivity index (χ3n) is 3.65. The van der Waals surface area contributed by atoms with Gasteiger partial charge in [0.15, 0.2) is 0 Å². The molecule has 1 amide bonds. The minimum Gasteiger partial charge on any atom is -0.331 e. The highest BCUT2D eigenvalue weighted by Gasteiger charge is 2.31. The van der Waals surface area contributed by atoms with E-state index >= 15 is 0 Å². The second-order valence-corrected chi connectivity index (χ2v) is 4.85. The summed E-state index contributed by atoms with van der Waals surface area (Å²) >= 11 is 0. The predicted molar refractivity (Wildman–Crippen MR) is 74.3 cm³/mol. The van der Waals surface area contributed by atoms with E-state index in [9.17, 15) is 9.59 Å². The number of aromatic nitrogens is 2. The molecule has 1 aliphatic rings. The van der Waals surface area contributed by atoms with E-state index in [1.165, 1.54) is 6.20 Å². The molecule has 0 bridgehead atoms. The number of pyridine rings is 2. The van der Waals surface area contributed by atoms with Crippen LogP contribution in [0.1, 0.15) is 34.8 Å². The van der Waals surface area contributed by atoms with Gasteiger partial charge in [-0.05, 0) is 42.7 Å². The zero-order chi connectivity index (χ0) is 13.9. The molecule has 2 aromatic rings. The first-order chi connectivity index (χ1) is 9.77. The summed E-state index contributed by atoms with van der Waals surface area (Å²) in [5, 5.41) is 0. The van der Waals surface area contributed by atoms with Crippen LogP contribution in [0.4, 0.5) is 0 Å². The molecule has 20 heavy (non-hydrogen) atoms. The van der Waals surface area contributed by atoms with Crippen molar-refractivity contribution in [1.29, 1.82) is 0 Å². The van der Waals surface area contributed by atoms with Crippen LogP contribution in [0.2, 0.25) is 0 Å². The largest absolute Gasteiger partial charge is 0.331 e. The van der Waals surface area contributed by atoms with Gasteiger partial charge in [0.2, 0.25) is 0 Å². The average molecular weight is 269 g/mol. The summed E-state index contributed by atoms with van der Waals surface area (Å²) in [5.74, 6) is -0.203. The summed E-state index contributed by atoms with van der Waals surface area (Å²) in [7, 11) is 0. The highest BCUT2D eigenvalue weighted by Crippen LogP contribution is 2.32. The molecule has 0 saturated carbocycles. The molecule has 0 spiro atoms. The summed E-state index contributed by atoms with van der Waals surface area (Å²) in [6, 6.07) is 7.12. The first kappa shape index (κ1) is 12.6. The van der Waals surface area contributed by atoms with Gasteiger partial charge in [0.1, 0.15) is 5.56 Å². The lowest BCUT2D eigenvalue weighted by molar-refractivity contribution is 0.0734. The van der Waals surface area contributed by atoms with Crippen molar-refractivity contribution in [1.82, 2.24) is 14.9 Å². The van der Waals surface area contributed by atoms with Crippen molar-refractivity contribution in [3.8, 4) is 0 Å². The van der Waals surface area contributed by atoms with Crippen LogP contribution in [0, 0.1) is 0 Å². The molecule has 1 saturated heterocycles. The Morgan fingerprint density at radius 2 is 2.10 bits per heavy atom. The van der Waals surface area contributed by atoms with Gasteiger partial charge in [0, 0.05) is 25.1 Å². The van der Waals surface area contributed by atoms with Gasteiger partial charge < -0.3 is 9.88 Å². The topological polar surface area (TPSA) is 66.1 Å². The van der Waals surface area contributed by atoms with Crippen molar-refractivity contribution >= 4 is 5.91 Å². The molecular weight excluding hydrogens is 254 g/mol. The highest BCUT2D eigenvalue weighted by atomic mass is 16.2. The predicted octanol–water partition coefficient (Wildman–Crippen LogP) is 1.75. The van der Waals surface area contributed by atoms with Crippen LogP contribution in [0.5, 0.6) is 0 Å². The fraction of sp³-hybridized carbons (Fsp3) is 0.267. The Hall–Kier alpha value is -2.43. The summed E-state index contributed by atoms with van der Waals surface area (Å²) in [6.07, 6.45) is 6.85. The van der Waals surface area contributed by atoms with Gasteiger partial charge in [-0.25, -0.2) is 0 Å². The van der Waals surface area contributed by atoms with Gasteiger partial charge in [-0.1, -0.05) is 0 Å². The van der Waals surface area contributed by atoms with Crippen LogP contribution in [0.25, 0.3) is 0 Å². The van der Waals surface area contributed by atoms with Gasteiger partial charge >= 0.3 is 0 Å². The second kappa shape index (κ2) is 5.28. The molecule has 0 unspecified atom stereocenters. The van der Waals surface area contributed by atoms with Gasteiger partial charge in [-0.3, -0.25) is 14.6 Å². The number of nitrogens with one attached hydrogen (secondary N) is 1. The van der Waals surface area contributed by atoms with E-state index < -0.39 is 0 Å². The quantitative estimate of drug-likeness (QED) is 0.903. The maximum absolute atomic E-state index is 12.5. The van der Waals surface area contributed by atoms with Crippen LogP contribution < -0.4 is 5.56 Å². The van der Waals surface area contributed by atoms with Crippen LogP contribution >= 0.6 is 0 Å². The number of rotatable bonds is 2. The summed E-state index contributed by atoms with van der Waals surface area (Å²) in [6.45, 7) is 0.681. The van der Waals surface area contributed by atoms with Crippen LogP contribution in [-0.4, -0.2) is 27.3 Å². The summed E-state index contributed by atoms with van der Waals surface area (Å²) < 4.78 is 0. The molecular formula is C15H15N3O2. The minimum absolute atomic E-state index is 0.0325. The van der Waals surface area contributed by atoms with Gasteiger partial charge in [0.25, 0.3) is 11.5 Å². The Labute approximate surface area is 116 Å². The van der Waals surface area contributed by atoms with Crippen molar-refractivity contribution in [3.05, 3.63) is 64.3 Å². The first-order valence-corrected chi connectivity index (χ1v) is 6.66. The lowest BCUT2D eigenvalue weighted by Crippen LogP contribution is -2.34. The molecule has 1 N–H and O–H groups in total. The van der Waals surface area contributed by atoms with Crippen LogP contribution in [0.3, 0.4) is 0 Å². The Morgan fingerprint density at radius 1 is 1.30 bits per heavy atom. The van der Waals surface area contributed by atoms with Crippen molar-refractivity contribution < 1.29 is 4.79 Å². The monoisotopic (exact) mass is 269 g/mol. The highest BCUT2D eigenvalue weighted by molar-refractivity contribution is 5.94. The maximum atomic E-state index is 12.5. The molecule has 0 radical (unpaired) electrons. The van der Waals surface area contributed by atoms with Gasteiger partial charge in [0.05, 0.1) is 6.04 Å². The number of amides is 1. The molecule has 3 heterocycles. The van der Waals surface area contributed by atoms with Crippen LogP contribution in [-0.2, 0) is 0 Å². The van der Waals surface area contributed by atoms with E-state index in [0.717, 1.165) is 18.4 Å². The lowest BCUT2D eigenvalue weighted by atomic mass is 10.1. The molecule has 0 aromatic carbocycles. The first-order valence-electron chi connectivity index (χ1n) is 6.66. The van der Waals surface area contributed by atoms with E-state index in [1.54, 1.807) is 29.4 Å². The number of likely N-dealkylation sites (tertiary alicyclic amines) is 1. The third-order valence-corrected chi connectivity index (χ3v) is 3.65. The molecule has 0 aliphatic carbocycles. The van der Waals surface area contributed by atoms with E-state index in [-0.39, 0.29) is 23.1 Å². The molecule has 5 nitrogen and oxygen atoms in total. The molecule has 1 fully saturated rings. The number of H-pyrrole nitrogens is 1. The van der Waals surface area contributed by atoms with Crippen molar-refractivity contribution in [2.45, 2.75) is 18.9 Å².